The number of para-hydroxylation sites is 4. The van der Waals surface area contributed by atoms with Crippen molar-refractivity contribution in [3.8, 4) is 17.2 Å². The predicted molar refractivity (Wildman–Crippen MR) is 102 cm³/mol. The van der Waals surface area contributed by atoms with Crippen LogP contribution in [0.4, 0.5) is 5.69 Å². The van der Waals surface area contributed by atoms with Crippen molar-refractivity contribution in [2.24, 2.45) is 0 Å². The Hall–Kier alpha value is -2.97. The number of allylic oxidation sites excluding steroid dienone is 1. The van der Waals surface area contributed by atoms with Gasteiger partial charge in [0.2, 0.25) is 0 Å². The summed E-state index contributed by atoms with van der Waals surface area (Å²) in [6, 6.07) is 26.1. The van der Waals surface area contributed by atoms with Gasteiger partial charge in [0, 0.05) is 0 Å². The molecule has 3 aromatic carbocycles. The van der Waals surface area contributed by atoms with E-state index < -0.39 is 7.43 Å². The molecule has 128 valence electrons. The Morgan fingerprint density at radius 2 is 1.23 bits per heavy atom. The molecule has 0 N–H and O–H groups in total. The van der Waals surface area contributed by atoms with Crippen molar-refractivity contribution < 1.29 is 13.6 Å². The summed E-state index contributed by atoms with van der Waals surface area (Å²) in [5, 5.41) is 0. The Bertz CT molecular complexity index is 1030. The third-order valence-corrected chi connectivity index (χ3v) is 9.29. The second kappa shape index (κ2) is 4.60. The van der Waals surface area contributed by atoms with Crippen LogP contribution in [-0.4, -0.2) is 0 Å². The van der Waals surface area contributed by atoms with Crippen molar-refractivity contribution in [1.29, 1.82) is 0 Å². The van der Waals surface area contributed by atoms with Crippen LogP contribution in [0.1, 0.15) is 11.2 Å². The topological polar surface area (TPSA) is 30.9 Å². The Morgan fingerprint density at radius 3 is 1.96 bits per heavy atom. The molecule has 1 spiro atoms. The summed E-state index contributed by atoms with van der Waals surface area (Å²) in [6.45, 7) is 0. The first kappa shape index (κ1) is 14.2. The fourth-order valence-electron chi connectivity index (χ4n) is 4.07. The van der Waals surface area contributed by atoms with Crippen molar-refractivity contribution in [2.75, 3.05) is 4.67 Å². The van der Waals surface area contributed by atoms with E-state index in [4.69, 9.17) is 13.6 Å². The van der Waals surface area contributed by atoms with E-state index in [-0.39, 0.29) is 5.66 Å². The van der Waals surface area contributed by atoms with Gasteiger partial charge in [0.15, 0.2) is 0 Å². The van der Waals surface area contributed by atoms with Crippen LogP contribution in [0.3, 0.4) is 0 Å². The van der Waals surface area contributed by atoms with Gasteiger partial charge >= 0.3 is 151 Å². The van der Waals surface area contributed by atoms with E-state index in [9.17, 15) is 0 Å². The predicted octanol–water partition coefficient (Wildman–Crippen LogP) is 5.84. The van der Waals surface area contributed by atoms with Gasteiger partial charge in [-0.2, -0.15) is 0 Å². The molecule has 0 aliphatic carbocycles. The van der Waals surface area contributed by atoms with Crippen molar-refractivity contribution in [1.82, 2.24) is 0 Å². The maximum absolute atomic E-state index is 6.67. The van der Waals surface area contributed by atoms with Gasteiger partial charge in [-0.1, -0.05) is 0 Å². The zero-order valence-corrected chi connectivity index (χ0v) is 14.8. The SMILES string of the molecule is C1=CN2c3ccccc3OP23(Oc2ccccc2O3)C1c1ccccc1. The summed E-state index contributed by atoms with van der Waals surface area (Å²) < 4.78 is 22.1. The molecule has 0 radical (unpaired) electrons. The normalized spacial score (nSPS) is 23.8. The molecular formula is C21H16NO3P. The number of hydrogen-bond donors (Lipinski definition) is 0. The molecule has 3 aliphatic rings. The number of hydrogen-bond acceptors (Lipinski definition) is 4. The van der Waals surface area contributed by atoms with Crippen LogP contribution in [0.25, 0.3) is 0 Å². The first-order chi connectivity index (χ1) is 12.8. The van der Waals surface area contributed by atoms with Crippen LogP contribution in [0.5, 0.6) is 17.2 Å². The van der Waals surface area contributed by atoms with Gasteiger partial charge in [-0.05, 0) is 0 Å². The third kappa shape index (κ3) is 1.54. The summed E-state index contributed by atoms with van der Waals surface area (Å²) >= 11 is 0. The molecule has 5 heteroatoms. The fourth-order valence-corrected chi connectivity index (χ4v) is 8.51. The van der Waals surface area contributed by atoms with Gasteiger partial charge in [0.25, 0.3) is 0 Å². The summed E-state index contributed by atoms with van der Waals surface area (Å²) in [7, 11) is -3.75. The fraction of sp³-hybridized carbons (Fsp3) is 0.0476. The van der Waals surface area contributed by atoms with Gasteiger partial charge in [-0.15, -0.1) is 0 Å². The van der Waals surface area contributed by atoms with E-state index in [1.54, 1.807) is 0 Å². The molecule has 4 nitrogen and oxygen atoms in total. The molecule has 3 aromatic rings. The zero-order valence-electron chi connectivity index (χ0n) is 13.9. The first-order valence-corrected chi connectivity index (χ1v) is 10.6. The summed E-state index contributed by atoms with van der Waals surface area (Å²) in [4.78, 5) is 0. The number of nitrogens with zero attached hydrogens (tertiary/aromatic N) is 1. The van der Waals surface area contributed by atoms with Crippen LogP contribution in [-0.2, 0) is 0 Å². The van der Waals surface area contributed by atoms with Gasteiger partial charge in [0.05, 0.1) is 0 Å². The van der Waals surface area contributed by atoms with E-state index in [2.05, 4.69) is 22.9 Å². The first-order valence-electron chi connectivity index (χ1n) is 8.62. The summed E-state index contributed by atoms with van der Waals surface area (Å²) in [5.74, 6) is 2.25. The molecule has 1 unspecified atom stereocenters. The van der Waals surface area contributed by atoms with E-state index in [1.807, 2.05) is 72.9 Å². The molecule has 0 saturated carbocycles. The van der Waals surface area contributed by atoms with Gasteiger partial charge in [-0.3, -0.25) is 0 Å². The molecule has 3 aliphatic heterocycles. The van der Waals surface area contributed by atoms with Gasteiger partial charge < -0.3 is 0 Å². The van der Waals surface area contributed by atoms with Crippen molar-refractivity contribution in [2.45, 2.75) is 5.66 Å². The van der Waals surface area contributed by atoms with E-state index in [0.29, 0.717) is 0 Å². The van der Waals surface area contributed by atoms with Gasteiger partial charge in [-0.25, -0.2) is 0 Å². The van der Waals surface area contributed by atoms with Crippen LogP contribution in [0.2, 0.25) is 0 Å². The Kier molecular flexibility index (Phi) is 2.52. The molecule has 26 heavy (non-hydrogen) atoms. The van der Waals surface area contributed by atoms with Crippen molar-refractivity contribution in [3.63, 3.8) is 0 Å². The summed E-state index contributed by atoms with van der Waals surface area (Å²) in [6.07, 6.45) is 4.18. The minimum absolute atomic E-state index is 0.137. The van der Waals surface area contributed by atoms with Crippen molar-refractivity contribution in [3.05, 3.63) is 96.7 Å². The maximum atomic E-state index is 6.67. The number of rotatable bonds is 1. The molecule has 0 fully saturated rings. The zero-order chi connectivity index (χ0) is 17.2. The molecule has 0 saturated heterocycles. The van der Waals surface area contributed by atoms with Crippen molar-refractivity contribution >= 4 is 13.1 Å². The minimum atomic E-state index is -3.75. The van der Waals surface area contributed by atoms with Crippen LogP contribution in [0, 0.1) is 0 Å². The third-order valence-electron chi connectivity index (χ3n) is 5.16. The number of benzene rings is 3. The molecule has 1 atom stereocenters. The monoisotopic (exact) mass is 361 g/mol. The number of fused-ring (bicyclic) bond motifs is 3. The average molecular weight is 361 g/mol. The van der Waals surface area contributed by atoms with Gasteiger partial charge in [0.1, 0.15) is 0 Å². The Labute approximate surface area is 151 Å². The van der Waals surface area contributed by atoms with Crippen LogP contribution in [0.15, 0.2) is 91.1 Å². The van der Waals surface area contributed by atoms with Crippen LogP contribution >= 0.6 is 7.43 Å². The van der Waals surface area contributed by atoms with E-state index in [0.717, 1.165) is 28.5 Å². The van der Waals surface area contributed by atoms with Crippen LogP contribution < -0.4 is 18.2 Å². The number of anilines is 1. The van der Waals surface area contributed by atoms with E-state index in [1.165, 1.54) is 0 Å². The van der Waals surface area contributed by atoms with E-state index >= 15 is 0 Å². The second-order valence-electron chi connectivity index (χ2n) is 6.63. The standard InChI is InChI=1S/C21H16NO3P/c1-2-8-16(9-3-1)21-14-15-22-17-10-4-5-11-18(17)23-26(21,22)24-19-12-6-7-13-20(19)25-26/h1-15,21H. The molecular weight excluding hydrogens is 345 g/mol. The molecule has 3 heterocycles. The average Bonchev–Trinajstić information content (AvgIpc) is 3.27. The second-order valence-corrected chi connectivity index (χ2v) is 9.97. The molecule has 0 amide bonds. The molecule has 0 aromatic heterocycles. The molecule has 6 rings (SSSR count). The Morgan fingerprint density at radius 1 is 0.654 bits per heavy atom. The summed E-state index contributed by atoms with van der Waals surface area (Å²) in [5.41, 5.74) is 1.96. The quantitative estimate of drug-likeness (QED) is 0.510. The molecule has 0 bridgehead atoms. The Balaban J connectivity index is 1.62.